The average Bonchev–Trinajstić information content (AvgIpc) is 2.51. The van der Waals surface area contributed by atoms with E-state index in [9.17, 15) is 5.11 Å². The van der Waals surface area contributed by atoms with Crippen molar-refractivity contribution >= 4 is 10.8 Å². The Balaban J connectivity index is 1.77. The van der Waals surface area contributed by atoms with Crippen LogP contribution in [0.25, 0.3) is 10.8 Å². The quantitative estimate of drug-likeness (QED) is 0.749. The molecule has 0 unspecified atom stereocenters. The van der Waals surface area contributed by atoms with Gasteiger partial charge in [0.05, 0.1) is 0 Å². The summed E-state index contributed by atoms with van der Waals surface area (Å²) < 4.78 is 0. The molecule has 3 rings (SSSR count). The Labute approximate surface area is 118 Å². The number of hydrogen-bond acceptors (Lipinski definition) is 2. The lowest BCUT2D eigenvalue weighted by Gasteiger charge is -2.09. The molecule has 0 atom stereocenters. The number of hydrogen-bond donors (Lipinski definition) is 2. The molecule has 0 aromatic heterocycles. The lowest BCUT2D eigenvalue weighted by molar-refractivity contribution is 0.481. The maximum absolute atomic E-state index is 9.88. The summed E-state index contributed by atoms with van der Waals surface area (Å²) in [7, 11) is 0. The van der Waals surface area contributed by atoms with Crippen molar-refractivity contribution in [1.82, 2.24) is 5.32 Å². The van der Waals surface area contributed by atoms with E-state index in [0.29, 0.717) is 5.75 Å². The summed E-state index contributed by atoms with van der Waals surface area (Å²) >= 11 is 0. The summed E-state index contributed by atoms with van der Waals surface area (Å²) in [5.41, 5.74) is 2.48. The van der Waals surface area contributed by atoms with Gasteiger partial charge in [0.15, 0.2) is 0 Å². The first-order valence-electron chi connectivity index (χ1n) is 6.79. The van der Waals surface area contributed by atoms with Gasteiger partial charge in [0.2, 0.25) is 0 Å². The molecule has 0 bridgehead atoms. The van der Waals surface area contributed by atoms with Gasteiger partial charge >= 0.3 is 0 Å². The Hall–Kier alpha value is -2.32. The van der Waals surface area contributed by atoms with Crippen LogP contribution in [0.4, 0.5) is 0 Å². The second-order valence-corrected chi connectivity index (χ2v) is 4.88. The molecule has 2 heteroatoms. The van der Waals surface area contributed by atoms with Crippen LogP contribution in [-0.4, -0.2) is 5.11 Å². The Morgan fingerprint density at radius 1 is 0.700 bits per heavy atom. The molecule has 100 valence electrons. The first-order chi connectivity index (χ1) is 9.84. The van der Waals surface area contributed by atoms with E-state index in [4.69, 9.17) is 0 Å². The third kappa shape index (κ3) is 2.65. The normalized spacial score (nSPS) is 10.8. The van der Waals surface area contributed by atoms with Crippen molar-refractivity contribution in [3.05, 3.63) is 77.9 Å². The van der Waals surface area contributed by atoms with Crippen molar-refractivity contribution in [3.63, 3.8) is 0 Å². The molecule has 0 heterocycles. The average molecular weight is 263 g/mol. The van der Waals surface area contributed by atoms with Crippen LogP contribution in [0.1, 0.15) is 11.1 Å². The van der Waals surface area contributed by atoms with Crippen LogP contribution in [0.15, 0.2) is 66.7 Å². The Morgan fingerprint density at radius 3 is 2.20 bits per heavy atom. The molecule has 0 aliphatic rings. The largest absolute Gasteiger partial charge is 0.507 e. The maximum Gasteiger partial charge on any atom is 0.123 e. The van der Waals surface area contributed by atoms with E-state index in [1.165, 1.54) is 11.1 Å². The molecule has 0 amide bonds. The van der Waals surface area contributed by atoms with Crippen molar-refractivity contribution < 1.29 is 5.11 Å². The lowest BCUT2D eigenvalue weighted by atomic mass is 10.0. The molecule has 2 nitrogen and oxygen atoms in total. The highest BCUT2D eigenvalue weighted by Crippen LogP contribution is 2.27. The fourth-order valence-corrected chi connectivity index (χ4v) is 2.44. The first kappa shape index (κ1) is 12.7. The molecule has 3 aromatic rings. The van der Waals surface area contributed by atoms with Crippen LogP contribution in [0, 0.1) is 0 Å². The topological polar surface area (TPSA) is 32.3 Å². The number of fused-ring (bicyclic) bond motifs is 1. The van der Waals surface area contributed by atoms with Gasteiger partial charge in [0.25, 0.3) is 0 Å². The predicted octanol–water partition coefficient (Wildman–Crippen LogP) is 3.84. The fourth-order valence-electron chi connectivity index (χ4n) is 2.44. The summed E-state index contributed by atoms with van der Waals surface area (Å²) in [6.45, 7) is 1.63. The van der Waals surface area contributed by atoms with Gasteiger partial charge < -0.3 is 10.4 Å². The standard InChI is InChI=1S/C18H17NO/c20-18-11-10-15(16-8-4-5-9-17(16)18)13-19-12-14-6-2-1-3-7-14/h1-11,19-20H,12-13H2. The number of phenolic OH excluding ortho intramolecular Hbond substituents is 1. The molecule has 2 N–H and O–H groups in total. The van der Waals surface area contributed by atoms with E-state index in [2.05, 4.69) is 23.5 Å². The van der Waals surface area contributed by atoms with Crippen molar-refractivity contribution in [1.29, 1.82) is 0 Å². The molecule has 0 spiro atoms. The fraction of sp³-hybridized carbons (Fsp3) is 0.111. The molecular weight excluding hydrogens is 246 g/mol. The summed E-state index contributed by atoms with van der Waals surface area (Å²) in [5, 5.41) is 15.3. The number of aromatic hydroxyl groups is 1. The highest BCUT2D eigenvalue weighted by molar-refractivity contribution is 5.90. The van der Waals surface area contributed by atoms with E-state index >= 15 is 0 Å². The minimum absolute atomic E-state index is 0.340. The van der Waals surface area contributed by atoms with Crippen LogP contribution >= 0.6 is 0 Å². The van der Waals surface area contributed by atoms with Crippen LogP contribution in [0.5, 0.6) is 5.75 Å². The number of phenols is 1. The Bertz CT molecular complexity index is 707. The van der Waals surface area contributed by atoms with E-state index in [1.807, 2.05) is 42.5 Å². The second kappa shape index (κ2) is 5.76. The van der Waals surface area contributed by atoms with Gasteiger partial charge in [-0.1, -0.05) is 60.7 Å². The van der Waals surface area contributed by atoms with Gasteiger partial charge in [0.1, 0.15) is 5.75 Å². The van der Waals surface area contributed by atoms with E-state index in [1.54, 1.807) is 6.07 Å². The summed E-state index contributed by atoms with van der Waals surface area (Å²) in [6, 6.07) is 22.0. The van der Waals surface area contributed by atoms with E-state index in [-0.39, 0.29) is 0 Å². The molecule has 0 saturated heterocycles. The Morgan fingerprint density at radius 2 is 1.40 bits per heavy atom. The third-order valence-electron chi connectivity index (χ3n) is 3.48. The zero-order chi connectivity index (χ0) is 13.8. The first-order valence-corrected chi connectivity index (χ1v) is 6.79. The minimum atomic E-state index is 0.340. The monoisotopic (exact) mass is 263 g/mol. The number of benzene rings is 3. The van der Waals surface area contributed by atoms with E-state index in [0.717, 1.165) is 23.9 Å². The van der Waals surface area contributed by atoms with Crippen LogP contribution < -0.4 is 5.32 Å². The molecule has 0 fully saturated rings. The SMILES string of the molecule is Oc1ccc(CNCc2ccccc2)c2ccccc12. The second-order valence-electron chi connectivity index (χ2n) is 4.88. The highest BCUT2D eigenvalue weighted by atomic mass is 16.3. The summed E-state index contributed by atoms with van der Waals surface area (Å²) in [6.07, 6.45) is 0. The molecule has 20 heavy (non-hydrogen) atoms. The van der Waals surface area contributed by atoms with E-state index < -0.39 is 0 Å². The van der Waals surface area contributed by atoms with Gasteiger partial charge in [-0.3, -0.25) is 0 Å². The van der Waals surface area contributed by atoms with Crippen molar-refractivity contribution in [2.45, 2.75) is 13.1 Å². The van der Waals surface area contributed by atoms with Crippen LogP contribution in [-0.2, 0) is 13.1 Å². The van der Waals surface area contributed by atoms with Crippen molar-refractivity contribution in [2.24, 2.45) is 0 Å². The van der Waals surface area contributed by atoms with Crippen molar-refractivity contribution in [3.8, 4) is 5.75 Å². The third-order valence-corrected chi connectivity index (χ3v) is 3.48. The predicted molar refractivity (Wildman–Crippen MR) is 82.6 cm³/mol. The Kier molecular flexibility index (Phi) is 3.66. The molecule has 0 radical (unpaired) electrons. The molecule has 3 aromatic carbocycles. The molecule has 0 aliphatic heterocycles. The number of rotatable bonds is 4. The maximum atomic E-state index is 9.88. The minimum Gasteiger partial charge on any atom is -0.507 e. The number of nitrogens with one attached hydrogen (secondary N) is 1. The zero-order valence-corrected chi connectivity index (χ0v) is 11.2. The molecule has 0 saturated carbocycles. The van der Waals surface area contributed by atoms with Gasteiger partial charge in [-0.25, -0.2) is 0 Å². The van der Waals surface area contributed by atoms with Gasteiger partial charge in [-0.15, -0.1) is 0 Å². The van der Waals surface area contributed by atoms with Gasteiger partial charge in [-0.2, -0.15) is 0 Å². The zero-order valence-electron chi connectivity index (χ0n) is 11.2. The highest BCUT2D eigenvalue weighted by Gasteiger charge is 2.04. The van der Waals surface area contributed by atoms with Gasteiger partial charge in [-0.05, 0) is 22.6 Å². The van der Waals surface area contributed by atoms with Crippen LogP contribution in [0.3, 0.4) is 0 Å². The summed E-state index contributed by atoms with van der Waals surface area (Å²) in [5.74, 6) is 0.340. The molecular formula is C18H17NO. The smallest absolute Gasteiger partial charge is 0.123 e. The van der Waals surface area contributed by atoms with Crippen molar-refractivity contribution in [2.75, 3.05) is 0 Å². The molecule has 0 aliphatic carbocycles. The van der Waals surface area contributed by atoms with Gasteiger partial charge in [0, 0.05) is 18.5 Å². The lowest BCUT2D eigenvalue weighted by Crippen LogP contribution is -2.12. The summed E-state index contributed by atoms with van der Waals surface area (Å²) in [4.78, 5) is 0. The van der Waals surface area contributed by atoms with Crippen LogP contribution in [0.2, 0.25) is 0 Å².